The number of hydrogen-bond donors (Lipinski definition) is 4. The van der Waals surface area contributed by atoms with Crippen molar-refractivity contribution >= 4 is 7.82 Å². The summed E-state index contributed by atoms with van der Waals surface area (Å²) >= 11 is 0. The molecule has 4 N–H and O–H groups in total. The Labute approximate surface area is 142 Å². The van der Waals surface area contributed by atoms with Crippen LogP contribution in [0.15, 0.2) is 0 Å². The van der Waals surface area contributed by atoms with Gasteiger partial charge in [-0.2, -0.15) is 0 Å². The molecule has 0 aromatic rings. The van der Waals surface area contributed by atoms with Crippen LogP contribution in [0, 0.1) is 0 Å². The average molecular weight is 372 g/mol. The highest BCUT2D eigenvalue weighted by Gasteiger charge is 2.47. The predicted octanol–water partition coefficient (Wildman–Crippen LogP) is 0.544. The molecule has 0 aromatic carbocycles. The van der Waals surface area contributed by atoms with Crippen molar-refractivity contribution in [2.24, 2.45) is 0 Å². The fraction of sp³-hybridized carbons (Fsp3) is 1.00. The molecule has 1 saturated heterocycles. The fourth-order valence-electron chi connectivity index (χ4n) is 2.02. The van der Waals surface area contributed by atoms with Gasteiger partial charge in [-0.3, -0.25) is 13.6 Å². The van der Waals surface area contributed by atoms with Crippen LogP contribution in [0.1, 0.15) is 39.5 Å². The number of aliphatic hydroxyl groups is 4. The summed E-state index contributed by atoms with van der Waals surface area (Å²) in [6.45, 7) is 3.53. The van der Waals surface area contributed by atoms with E-state index in [1.807, 2.05) is 13.8 Å². The molecule has 0 radical (unpaired) electrons. The molecule has 0 bridgehead atoms. The van der Waals surface area contributed by atoms with Crippen molar-refractivity contribution in [1.82, 2.24) is 0 Å². The van der Waals surface area contributed by atoms with Gasteiger partial charge in [0.2, 0.25) is 0 Å². The maximum absolute atomic E-state index is 12.7. The average Bonchev–Trinajstić information content (AvgIpc) is 2.56. The minimum absolute atomic E-state index is 0.136. The molecule has 1 unspecified atom stereocenters. The Kier molecular flexibility index (Phi) is 9.88. The Balaban J connectivity index is 2.76. The van der Waals surface area contributed by atoms with Crippen LogP contribution < -0.4 is 0 Å². The van der Waals surface area contributed by atoms with Gasteiger partial charge in [-0.25, -0.2) is 4.57 Å². The highest BCUT2D eigenvalue weighted by Crippen LogP contribution is 2.52. The lowest BCUT2D eigenvalue weighted by molar-refractivity contribution is -0.281. The van der Waals surface area contributed by atoms with Crippen molar-refractivity contribution in [3.63, 3.8) is 0 Å². The second-order valence-electron chi connectivity index (χ2n) is 5.62. The molecule has 0 spiro atoms. The van der Waals surface area contributed by atoms with Gasteiger partial charge in [0, 0.05) is 0 Å². The van der Waals surface area contributed by atoms with E-state index in [1.54, 1.807) is 0 Å². The van der Waals surface area contributed by atoms with E-state index in [2.05, 4.69) is 0 Å². The SMILES string of the molecule is CCCCOP(=O)(OCCCC)OC1O[C@H](CO)[C@@H](O)[C@H](O)[C@@H]1O. The number of phosphoric ester groups is 1. The first kappa shape index (κ1) is 22.0. The van der Waals surface area contributed by atoms with E-state index in [1.165, 1.54) is 0 Å². The summed E-state index contributed by atoms with van der Waals surface area (Å²) < 4.78 is 33.5. The largest absolute Gasteiger partial charge is 0.477 e. The third kappa shape index (κ3) is 6.33. The fourth-order valence-corrected chi connectivity index (χ4v) is 3.35. The van der Waals surface area contributed by atoms with Gasteiger partial charge in [0.25, 0.3) is 0 Å². The molecule has 24 heavy (non-hydrogen) atoms. The molecule has 1 fully saturated rings. The minimum Gasteiger partial charge on any atom is -0.394 e. The van der Waals surface area contributed by atoms with E-state index in [0.717, 1.165) is 12.8 Å². The Bertz CT molecular complexity index is 378. The smallest absolute Gasteiger partial charge is 0.394 e. The predicted molar refractivity (Wildman–Crippen MR) is 84.2 cm³/mol. The number of hydrogen-bond acceptors (Lipinski definition) is 9. The Hall–Kier alpha value is -0.0900. The first-order valence-electron chi connectivity index (χ1n) is 8.26. The first-order chi connectivity index (χ1) is 11.4. The molecule has 0 saturated carbocycles. The lowest BCUT2D eigenvalue weighted by Gasteiger charge is -2.40. The van der Waals surface area contributed by atoms with Crippen LogP contribution >= 0.6 is 7.82 Å². The topological polar surface area (TPSA) is 135 Å². The Morgan fingerprint density at radius 1 is 0.958 bits per heavy atom. The molecule has 1 aliphatic rings. The maximum Gasteiger partial charge on any atom is 0.477 e. The van der Waals surface area contributed by atoms with Gasteiger partial charge in [0.15, 0.2) is 6.29 Å². The normalized spacial score (nSPS) is 31.3. The van der Waals surface area contributed by atoms with Crippen LogP contribution in [0.5, 0.6) is 0 Å². The quantitative estimate of drug-likeness (QED) is 0.303. The maximum atomic E-state index is 12.7. The van der Waals surface area contributed by atoms with E-state index < -0.39 is 45.1 Å². The third-order valence-corrected chi connectivity index (χ3v) is 5.04. The molecule has 1 heterocycles. The van der Waals surface area contributed by atoms with Crippen LogP contribution in [-0.4, -0.2) is 71.0 Å². The highest BCUT2D eigenvalue weighted by molar-refractivity contribution is 7.48. The lowest BCUT2D eigenvalue weighted by Crippen LogP contribution is -2.59. The molecule has 0 aliphatic carbocycles. The summed E-state index contributed by atoms with van der Waals surface area (Å²) in [6.07, 6.45) is -4.63. The summed E-state index contributed by atoms with van der Waals surface area (Å²) in [7, 11) is -4.03. The Morgan fingerprint density at radius 3 is 1.96 bits per heavy atom. The van der Waals surface area contributed by atoms with E-state index >= 15 is 0 Å². The second kappa shape index (κ2) is 10.8. The molecular weight excluding hydrogens is 343 g/mol. The van der Waals surface area contributed by atoms with Crippen molar-refractivity contribution in [2.75, 3.05) is 19.8 Å². The number of unbranched alkanes of at least 4 members (excludes halogenated alkanes) is 2. The van der Waals surface area contributed by atoms with Gasteiger partial charge < -0.3 is 25.2 Å². The van der Waals surface area contributed by atoms with Crippen LogP contribution in [0.3, 0.4) is 0 Å². The van der Waals surface area contributed by atoms with Crippen molar-refractivity contribution in [3.05, 3.63) is 0 Å². The zero-order valence-electron chi connectivity index (χ0n) is 14.1. The van der Waals surface area contributed by atoms with Crippen molar-refractivity contribution < 1.29 is 43.3 Å². The number of phosphoric acid groups is 1. The van der Waals surface area contributed by atoms with Crippen molar-refractivity contribution in [2.45, 2.75) is 70.2 Å². The monoisotopic (exact) mass is 372 g/mol. The van der Waals surface area contributed by atoms with Crippen molar-refractivity contribution in [3.8, 4) is 0 Å². The zero-order chi connectivity index (χ0) is 18.2. The molecule has 5 atom stereocenters. The molecule has 0 amide bonds. The molecule has 1 aliphatic heterocycles. The summed E-state index contributed by atoms with van der Waals surface area (Å²) in [4.78, 5) is 0. The van der Waals surface area contributed by atoms with E-state index in [-0.39, 0.29) is 13.2 Å². The third-order valence-electron chi connectivity index (χ3n) is 3.58. The van der Waals surface area contributed by atoms with Crippen LogP contribution in [-0.2, 0) is 22.9 Å². The van der Waals surface area contributed by atoms with Gasteiger partial charge in [-0.1, -0.05) is 26.7 Å². The minimum atomic E-state index is -4.03. The van der Waals surface area contributed by atoms with Crippen LogP contribution in [0.25, 0.3) is 0 Å². The van der Waals surface area contributed by atoms with E-state index in [9.17, 15) is 19.9 Å². The van der Waals surface area contributed by atoms with Crippen molar-refractivity contribution in [1.29, 1.82) is 0 Å². The van der Waals surface area contributed by atoms with Gasteiger partial charge in [-0.15, -0.1) is 0 Å². The number of rotatable bonds is 11. The molecule has 9 nitrogen and oxygen atoms in total. The summed E-state index contributed by atoms with van der Waals surface area (Å²) in [6, 6.07) is 0. The molecular formula is C14H29O9P. The standard InChI is InChI=1S/C14H29O9P/c1-3-5-7-20-24(19,21-8-6-4-2)23-14-13(18)12(17)11(16)10(9-15)22-14/h10-18H,3-9H2,1-2H3/t10-,11-,12+,13+,14?/m1/s1. The van der Waals surface area contributed by atoms with Gasteiger partial charge >= 0.3 is 7.82 Å². The van der Waals surface area contributed by atoms with Gasteiger partial charge in [0.1, 0.15) is 24.4 Å². The zero-order valence-corrected chi connectivity index (χ0v) is 15.0. The summed E-state index contributed by atoms with van der Waals surface area (Å²) in [5.74, 6) is 0. The number of ether oxygens (including phenoxy) is 1. The molecule has 10 heteroatoms. The van der Waals surface area contributed by atoms with Crippen LogP contribution in [0.4, 0.5) is 0 Å². The summed E-state index contributed by atoms with van der Waals surface area (Å²) in [5.41, 5.74) is 0. The van der Waals surface area contributed by atoms with Crippen LogP contribution in [0.2, 0.25) is 0 Å². The van der Waals surface area contributed by atoms with Gasteiger partial charge in [0.05, 0.1) is 19.8 Å². The van der Waals surface area contributed by atoms with E-state index in [4.69, 9.17) is 23.4 Å². The first-order valence-corrected chi connectivity index (χ1v) is 9.72. The van der Waals surface area contributed by atoms with E-state index in [0.29, 0.717) is 12.8 Å². The number of aliphatic hydroxyl groups excluding tert-OH is 4. The van der Waals surface area contributed by atoms with Gasteiger partial charge in [-0.05, 0) is 12.8 Å². The molecule has 1 rings (SSSR count). The lowest BCUT2D eigenvalue weighted by atomic mass is 10.00. The Morgan fingerprint density at radius 2 is 1.50 bits per heavy atom. The molecule has 144 valence electrons. The summed E-state index contributed by atoms with van der Waals surface area (Å²) in [5, 5.41) is 38.6. The highest BCUT2D eigenvalue weighted by atomic mass is 31.2. The second-order valence-corrected chi connectivity index (χ2v) is 7.25. The molecule has 0 aromatic heterocycles.